The van der Waals surface area contributed by atoms with Crippen molar-refractivity contribution in [2.45, 2.75) is 13.3 Å². The van der Waals surface area contributed by atoms with Gasteiger partial charge in [-0.3, -0.25) is 0 Å². The zero-order chi connectivity index (χ0) is 10.7. The molecular weight excluding hydrogens is 252 g/mol. The molecule has 0 bridgehead atoms. The lowest BCUT2D eigenvalue weighted by atomic mass is 10.2. The highest BCUT2D eigenvalue weighted by Gasteiger charge is 2.09. The first-order valence-electron chi connectivity index (χ1n) is 5.49. The first-order valence-corrected chi connectivity index (χ1v) is 6.28. The van der Waals surface area contributed by atoms with E-state index in [4.69, 9.17) is 0 Å². The summed E-state index contributed by atoms with van der Waals surface area (Å²) in [6.45, 7) is 6.65. The van der Waals surface area contributed by atoms with Gasteiger partial charge in [-0.15, -0.1) is 0 Å². The van der Waals surface area contributed by atoms with Crippen molar-refractivity contribution in [1.82, 2.24) is 5.32 Å². The molecule has 3 heteroatoms. The van der Waals surface area contributed by atoms with Crippen molar-refractivity contribution < 1.29 is 0 Å². The average Bonchev–Trinajstić information content (AvgIpc) is 2.50. The quantitative estimate of drug-likeness (QED) is 0.843. The van der Waals surface area contributed by atoms with Crippen LogP contribution in [0.2, 0.25) is 0 Å². The van der Waals surface area contributed by atoms with E-state index in [0.717, 1.165) is 26.2 Å². The van der Waals surface area contributed by atoms with Crippen LogP contribution in [0, 0.1) is 6.92 Å². The number of hydrogen-bond donors (Lipinski definition) is 1. The third-order valence-electron chi connectivity index (χ3n) is 2.85. The summed E-state index contributed by atoms with van der Waals surface area (Å²) in [6, 6.07) is 6.60. The SMILES string of the molecule is Cc1cc(N2CCCNCC2)ccc1Br. The van der Waals surface area contributed by atoms with Gasteiger partial charge in [-0.2, -0.15) is 0 Å². The second-order valence-corrected chi connectivity index (χ2v) is 4.88. The molecule has 0 aliphatic carbocycles. The highest BCUT2D eigenvalue weighted by Crippen LogP contribution is 2.23. The molecule has 1 fully saturated rings. The Balaban J connectivity index is 2.16. The summed E-state index contributed by atoms with van der Waals surface area (Å²) in [5.41, 5.74) is 2.66. The molecule has 1 N–H and O–H groups in total. The number of hydrogen-bond acceptors (Lipinski definition) is 2. The summed E-state index contributed by atoms with van der Waals surface area (Å²) >= 11 is 3.54. The Bertz CT molecular complexity index is 330. The first kappa shape index (κ1) is 11.0. The lowest BCUT2D eigenvalue weighted by Gasteiger charge is -2.22. The summed E-state index contributed by atoms with van der Waals surface area (Å²) in [6.07, 6.45) is 1.23. The Labute approximate surface area is 99.8 Å². The van der Waals surface area contributed by atoms with Gasteiger partial charge in [0.25, 0.3) is 0 Å². The van der Waals surface area contributed by atoms with Crippen LogP contribution in [0.3, 0.4) is 0 Å². The second-order valence-electron chi connectivity index (χ2n) is 4.02. The van der Waals surface area contributed by atoms with Crippen LogP contribution < -0.4 is 10.2 Å². The Morgan fingerprint density at radius 1 is 1.27 bits per heavy atom. The van der Waals surface area contributed by atoms with Crippen LogP contribution in [0.4, 0.5) is 5.69 Å². The van der Waals surface area contributed by atoms with Gasteiger partial charge in [-0.1, -0.05) is 15.9 Å². The third kappa shape index (κ3) is 2.73. The van der Waals surface area contributed by atoms with Crippen molar-refractivity contribution in [1.29, 1.82) is 0 Å². The van der Waals surface area contributed by atoms with Crippen LogP contribution in [-0.2, 0) is 0 Å². The highest BCUT2D eigenvalue weighted by molar-refractivity contribution is 9.10. The van der Waals surface area contributed by atoms with Crippen LogP contribution in [0.25, 0.3) is 0 Å². The van der Waals surface area contributed by atoms with Crippen molar-refractivity contribution >= 4 is 21.6 Å². The van der Waals surface area contributed by atoms with Gasteiger partial charge < -0.3 is 10.2 Å². The number of nitrogens with one attached hydrogen (secondary N) is 1. The molecule has 15 heavy (non-hydrogen) atoms. The van der Waals surface area contributed by atoms with Crippen LogP contribution >= 0.6 is 15.9 Å². The molecule has 1 aromatic carbocycles. The van der Waals surface area contributed by atoms with E-state index in [-0.39, 0.29) is 0 Å². The first-order chi connectivity index (χ1) is 7.27. The molecular formula is C12H17BrN2. The number of aryl methyl sites for hydroxylation is 1. The minimum atomic E-state index is 1.09. The second kappa shape index (κ2) is 4.99. The van der Waals surface area contributed by atoms with Gasteiger partial charge in [0.05, 0.1) is 0 Å². The fourth-order valence-corrected chi connectivity index (χ4v) is 2.18. The topological polar surface area (TPSA) is 15.3 Å². The van der Waals surface area contributed by atoms with Crippen molar-refractivity contribution in [3.63, 3.8) is 0 Å². The van der Waals surface area contributed by atoms with E-state index >= 15 is 0 Å². The van der Waals surface area contributed by atoms with E-state index in [1.54, 1.807) is 0 Å². The summed E-state index contributed by atoms with van der Waals surface area (Å²) in [4.78, 5) is 2.46. The van der Waals surface area contributed by atoms with Gasteiger partial charge in [0.15, 0.2) is 0 Å². The molecule has 0 radical (unpaired) electrons. The van der Waals surface area contributed by atoms with Gasteiger partial charge in [0.2, 0.25) is 0 Å². The van der Waals surface area contributed by atoms with Crippen molar-refractivity contribution in [3.05, 3.63) is 28.2 Å². The Kier molecular flexibility index (Phi) is 3.65. The molecule has 2 nitrogen and oxygen atoms in total. The van der Waals surface area contributed by atoms with Crippen LogP contribution in [0.15, 0.2) is 22.7 Å². The van der Waals surface area contributed by atoms with E-state index in [9.17, 15) is 0 Å². The average molecular weight is 269 g/mol. The molecule has 82 valence electrons. The third-order valence-corrected chi connectivity index (χ3v) is 3.74. The van der Waals surface area contributed by atoms with Gasteiger partial charge in [-0.25, -0.2) is 0 Å². The number of nitrogens with zero attached hydrogens (tertiary/aromatic N) is 1. The molecule has 1 aliphatic rings. The summed E-state index contributed by atoms with van der Waals surface area (Å²) < 4.78 is 1.19. The lowest BCUT2D eigenvalue weighted by Crippen LogP contribution is -2.27. The number of rotatable bonds is 1. The molecule has 0 unspecified atom stereocenters. The van der Waals surface area contributed by atoms with E-state index in [1.165, 1.54) is 22.1 Å². The van der Waals surface area contributed by atoms with Crippen LogP contribution in [0.1, 0.15) is 12.0 Å². The molecule has 1 aromatic rings. The normalized spacial score (nSPS) is 17.6. The van der Waals surface area contributed by atoms with Crippen LogP contribution in [-0.4, -0.2) is 26.2 Å². The predicted molar refractivity (Wildman–Crippen MR) is 68.6 cm³/mol. The summed E-state index contributed by atoms with van der Waals surface area (Å²) in [5, 5.41) is 3.42. The van der Waals surface area contributed by atoms with Gasteiger partial charge >= 0.3 is 0 Å². The zero-order valence-electron chi connectivity index (χ0n) is 9.09. The van der Waals surface area contributed by atoms with Crippen molar-refractivity contribution in [3.8, 4) is 0 Å². The Hall–Kier alpha value is -0.540. The standard InChI is InChI=1S/C12H17BrN2/c1-10-9-11(3-4-12(10)13)15-7-2-5-14-6-8-15/h3-4,9,14H,2,5-8H2,1H3. The zero-order valence-corrected chi connectivity index (χ0v) is 10.7. The fraction of sp³-hybridized carbons (Fsp3) is 0.500. The van der Waals surface area contributed by atoms with E-state index < -0.39 is 0 Å². The number of benzene rings is 1. The molecule has 0 atom stereocenters. The van der Waals surface area contributed by atoms with E-state index in [1.807, 2.05) is 0 Å². The Morgan fingerprint density at radius 3 is 2.93 bits per heavy atom. The summed E-state index contributed by atoms with van der Waals surface area (Å²) in [5.74, 6) is 0. The maximum Gasteiger partial charge on any atom is 0.0370 e. The predicted octanol–water partition coefficient (Wildman–Crippen LogP) is 2.56. The highest BCUT2D eigenvalue weighted by atomic mass is 79.9. The molecule has 0 saturated carbocycles. The number of halogens is 1. The molecule has 0 amide bonds. The smallest absolute Gasteiger partial charge is 0.0370 e. The number of anilines is 1. The largest absolute Gasteiger partial charge is 0.370 e. The summed E-state index contributed by atoms with van der Waals surface area (Å²) in [7, 11) is 0. The fourth-order valence-electron chi connectivity index (χ4n) is 1.93. The Morgan fingerprint density at radius 2 is 2.13 bits per heavy atom. The van der Waals surface area contributed by atoms with Crippen molar-refractivity contribution in [2.75, 3.05) is 31.1 Å². The molecule has 1 heterocycles. The monoisotopic (exact) mass is 268 g/mol. The van der Waals surface area contributed by atoms with E-state index in [2.05, 4.69) is 51.3 Å². The minimum absolute atomic E-state index is 1.09. The van der Waals surface area contributed by atoms with Crippen molar-refractivity contribution in [2.24, 2.45) is 0 Å². The molecule has 1 saturated heterocycles. The minimum Gasteiger partial charge on any atom is -0.370 e. The lowest BCUT2D eigenvalue weighted by molar-refractivity contribution is 0.724. The molecule has 0 spiro atoms. The maximum atomic E-state index is 3.54. The molecule has 0 aromatic heterocycles. The van der Waals surface area contributed by atoms with Gasteiger partial charge in [0, 0.05) is 29.8 Å². The van der Waals surface area contributed by atoms with Gasteiger partial charge in [0.1, 0.15) is 0 Å². The maximum absolute atomic E-state index is 3.54. The van der Waals surface area contributed by atoms with Gasteiger partial charge in [-0.05, 0) is 43.7 Å². The molecule has 1 aliphatic heterocycles. The van der Waals surface area contributed by atoms with E-state index in [0.29, 0.717) is 0 Å². The molecule has 2 rings (SSSR count). The van der Waals surface area contributed by atoms with Crippen LogP contribution in [0.5, 0.6) is 0 Å².